The average molecular weight is 452 g/mol. The summed E-state index contributed by atoms with van der Waals surface area (Å²) in [6.45, 7) is 11.3. The van der Waals surface area contributed by atoms with Crippen molar-refractivity contribution in [2.75, 3.05) is 51.1 Å². The Morgan fingerprint density at radius 1 is 1.04 bits per heavy atom. The Kier molecular flexibility index (Phi) is 6.62. The van der Waals surface area contributed by atoms with Crippen molar-refractivity contribution in [3.05, 3.63) is 28.7 Å². The molecule has 1 atom stereocenters. The monoisotopic (exact) mass is 451 g/mol. The van der Waals surface area contributed by atoms with Crippen molar-refractivity contribution < 1.29 is 9.59 Å². The first kappa shape index (κ1) is 21.1. The zero-order chi connectivity index (χ0) is 20.3. The van der Waals surface area contributed by atoms with Crippen LogP contribution >= 0.6 is 15.9 Å². The molecular weight excluding hydrogens is 422 g/mol. The summed E-state index contributed by atoms with van der Waals surface area (Å²) in [5.74, 6) is 0.141. The molecule has 3 amide bonds. The third-order valence-corrected chi connectivity index (χ3v) is 5.92. The Morgan fingerprint density at radius 3 is 2.25 bits per heavy atom. The smallest absolute Gasteiger partial charge is 0.321 e. The SMILES string of the molecule is CC(C)(C)N1CCNC(C(=O)N2CCN(C(=O)Nc3ccc(Br)cc3)CC2)C1. The highest BCUT2D eigenvalue weighted by Crippen LogP contribution is 2.17. The molecule has 1 aromatic rings. The van der Waals surface area contributed by atoms with E-state index >= 15 is 0 Å². The molecule has 0 saturated carbocycles. The highest BCUT2D eigenvalue weighted by molar-refractivity contribution is 9.10. The maximum Gasteiger partial charge on any atom is 0.321 e. The maximum absolute atomic E-state index is 12.9. The van der Waals surface area contributed by atoms with Crippen LogP contribution in [-0.2, 0) is 4.79 Å². The fraction of sp³-hybridized carbons (Fsp3) is 0.600. The maximum atomic E-state index is 12.9. The number of hydrogen-bond donors (Lipinski definition) is 2. The number of nitrogens with one attached hydrogen (secondary N) is 2. The van der Waals surface area contributed by atoms with Gasteiger partial charge in [0.2, 0.25) is 5.91 Å². The fourth-order valence-corrected chi connectivity index (χ4v) is 3.88. The van der Waals surface area contributed by atoms with Crippen LogP contribution < -0.4 is 10.6 Å². The minimum atomic E-state index is -0.170. The van der Waals surface area contributed by atoms with Gasteiger partial charge >= 0.3 is 6.03 Å². The Labute approximate surface area is 175 Å². The lowest BCUT2D eigenvalue weighted by Gasteiger charge is -2.43. The van der Waals surface area contributed by atoms with E-state index in [9.17, 15) is 9.59 Å². The molecule has 0 aliphatic carbocycles. The number of halogens is 1. The molecule has 2 fully saturated rings. The van der Waals surface area contributed by atoms with Gasteiger partial charge in [-0.2, -0.15) is 0 Å². The predicted molar refractivity (Wildman–Crippen MR) is 114 cm³/mol. The summed E-state index contributed by atoms with van der Waals surface area (Å²) >= 11 is 3.39. The van der Waals surface area contributed by atoms with Gasteiger partial charge in [-0.3, -0.25) is 9.69 Å². The number of hydrogen-bond acceptors (Lipinski definition) is 4. The number of benzene rings is 1. The minimum Gasteiger partial charge on any atom is -0.338 e. The summed E-state index contributed by atoms with van der Waals surface area (Å²) in [6.07, 6.45) is 0. The number of carbonyl (C=O) groups excluding carboxylic acids is 2. The fourth-order valence-electron chi connectivity index (χ4n) is 3.61. The molecule has 2 N–H and O–H groups in total. The lowest BCUT2D eigenvalue weighted by atomic mass is 10.0. The summed E-state index contributed by atoms with van der Waals surface area (Å²) in [5.41, 5.74) is 0.824. The molecule has 1 unspecified atom stereocenters. The van der Waals surface area contributed by atoms with Gasteiger partial charge in [-0.25, -0.2) is 4.79 Å². The van der Waals surface area contributed by atoms with Gasteiger partial charge in [0.1, 0.15) is 0 Å². The number of carbonyl (C=O) groups is 2. The van der Waals surface area contributed by atoms with Gasteiger partial charge in [-0.05, 0) is 45.0 Å². The standard InChI is InChI=1S/C20H30BrN5O2/c1-20(2,3)26-9-8-22-17(14-26)18(27)24-10-12-25(13-11-24)19(28)23-16-6-4-15(21)5-7-16/h4-7,17,22H,8-14H2,1-3H3,(H,23,28). The highest BCUT2D eigenvalue weighted by Gasteiger charge is 2.34. The van der Waals surface area contributed by atoms with Crippen LogP contribution in [0.5, 0.6) is 0 Å². The summed E-state index contributed by atoms with van der Waals surface area (Å²) in [4.78, 5) is 31.4. The molecule has 154 valence electrons. The van der Waals surface area contributed by atoms with Crippen molar-refractivity contribution in [3.63, 3.8) is 0 Å². The summed E-state index contributed by atoms with van der Waals surface area (Å²) < 4.78 is 0.971. The number of rotatable bonds is 2. The molecule has 2 saturated heterocycles. The van der Waals surface area contributed by atoms with Crippen LogP contribution in [0.3, 0.4) is 0 Å². The Bertz CT molecular complexity index is 696. The molecule has 0 radical (unpaired) electrons. The molecule has 0 aromatic heterocycles. The molecule has 28 heavy (non-hydrogen) atoms. The molecule has 8 heteroatoms. The first-order valence-corrected chi connectivity index (χ1v) is 10.6. The number of anilines is 1. The largest absolute Gasteiger partial charge is 0.338 e. The van der Waals surface area contributed by atoms with E-state index in [2.05, 4.69) is 52.2 Å². The Balaban J connectivity index is 1.49. The first-order valence-electron chi connectivity index (χ1n) is 9.83. The van der Waals surface area contributed by atoms with E-state index in [0.717, 1.165) is 29.8 Å². The Morgan fingerprint density at radius 2 is 1.64 bits per heavy atom. The third kappa shape index (κ3) is 5.24. The van der Waals surface area contributed by atoms with Crippen LogP contribution in [0.4, 0.5) is 10.5 Å². The molecule has 2 aliphatic rings. The zero-order valence-corrected chi connectivity index (χ0v) is 18.5. The molecular formula is C20H30BrN5O2. The van der Waals surface area contributed by atoms with E-state index < -0.39 is 0 Å². The van der Waals surface area contributed by atoms with Gasteiger partial charge in [0, 0.05) is 61.5 Å². The van der Waals surface area contributed by atoms with Gasteiger partial charge in [0.25, 0.3) is 0 Å². The van der Waals surface area contributed by atoms with Crippen LogP contribution in [0.1, 0.15) is 20.8 Å². The normalized spacial score (nSPS) is 21.5. The van der Waals surface area contributed by atoms with Crippen molar-refractivity contribution in [2.45, 2.75) is 32.4 Å². The Hall–Kier alpha value is -1.64. The van der Waals surface area contributed by atoms with Crippen molar-refractivity contribution in [2.24, 2.45) is 0 Å². The van der Waals surface area contributed by atoms with E-state index in [1.807, 2.05) is 29.2 Å². The molecule has 7 nitrogen and oxygen atoms in total. The molecule has 3 rings (SSSR count). The van der Waals surface area contributed by atoms with E-state index in [0.29, 0.717) is 26.2 Å². The van der Waals surface area contributed by atoms with Gasteiger partial charge in [-0.1, -0.05) is 15.9 Å². The first-order chi connectivity index (χ1) is 13.2. The van der Waals surface area contributed by atoms with Gasteiger partial charge in [-0.15, -0.1) is 0 Å². The average Bonchev–Trinajstić information content (AvgIpc) is 2.69. The van der Waals surface area contributed by atoms with Crippen molar-refractivity contribution in [1.29, 1.82) is 0 Å². The number of piperazine rings is 2. The van der Waals surface area contributed by atoms with Crippen LogP contribution in [0, 0.1) is 0 Å². The number of amides is 3. The molecule has 2 heterocycles. The summed E-state index contributed by atoms with van der Waals surface area (Å²) in [5, 5.41) is 6.27. The van der Waals surface area contributed by atoms with Gasteiger partial charge < -0.3 is 20.4 Å². The minimum absolute atomic E-state index is 0.0600. The molecule has 2 aliphatic heterocycles. The topological polar surface area (TPSA) is 67.9 Å². The lowest BCUT2D eigenvalue weighted by Crippen LogP contribution is -2.63. The van der Waals surface area contributed by atoms with Gasteiger partial charge in [0.15, 0.2) is 0 Å². The quantitative estimate of drug-likeness (QED) is 0.722. The molecule has 0 bridgehead atoms. The second kappa shape index (κ2) is 8.80. The molecule has 1 aromatic carbocycles. The molecule has 0 spiro atoms. The second-order valence-corrected chi connectivity index (χ2v) is 9.29. The second-order valence-electron chi connectivity index (χ2n) is 8.37. The van der Waals surface area contributed by atoms with Crippen LogP contribution in [-0.4, -0.2) is 84.0 Å². The summed E-state index contributed by atoms with van der Waals surface area (Å²) in [7, 11) is 0. The van der Waals surface area contributed by atoms with E-state index in [1.54, 1.807) is 4.90 Å². The number of urea groups is 1. The van der Waals surface area contributed by atoms with Crippen LogP contribution in [0.15, 0.2) is 28.7 Å². The highest BCUT2D eigenvalue weighted by atomic mass is 79.9. The van der Waals surface area contributed by atoms with Crippen LogP contribution in [0.2, 0.25) is 0 Å². The third-order valence-electron chi connectivity index (χ3n) is 5.40. The number of nitrogens with zero attached hydrogens (tertiary/aromatic N) is 3. The van der Waals surface area contributed by atoms with Crippen molar-refractivity contribution in [3.8, 4) is 0 Å². The zero-order valence-electron chi connectivity index (χ0n) is 16.9. The van der Waals surface area contributed by atoms with Crippen molar-refractivity contribution in [1.82, 2.24) is 20.0 Å². The van der Waals surface area contributed by atoms with Gasteiger partial charge in [0.05, 0.1) is 6.04 Å². The lowest BCUT2D eigenvalue weighted by molar-refractivity contribution is -0.136. The van der Waals surface area contributed by atoms with Crippen LogP contribution in [0.25, 0.3) is 0 Å². The predicted octanol–water partition coefficient (Wildman–Crippen LogP) is 2.20. The van der Waals surface area contributed by atoms with E-state index in [4.69, 9.17) is 0 Å². The summed E-state index contributed by atoms with van der Waals surface area (Å²) in [6, 6.07) is 7.21. The van der Waals surface area contributed by atoms with Crippen molar-refractivity contribution >= 4 is 33.6 Å². The van der Waals surface area contributed by atoms with E-state index in [1.165, 1.54) is 0 Å². The van der Waals surface area contributed by atoms with E-state index in [-0.39, 0.29) is 23.5 Å².